The lowest BCUT2D eigenvalue weighted by molar-refractivity contribution is -0.385. The number of aliphatic hydroxyl groups is 3. The highest BCUT2D eigenvalue weighted by molar-refractivity contribution is 5.30. The number of aromatic hydroxyl groups is 1. The summed E-state index contributed by atoms with van der Waals surface area (Å²) in [5.41, 5.74) is 3.65. The van der Waals surface area contributed by atoms with E-state index in [0.717, 1.165) is 0 Å². The molecule has 8 nitrogen and oxygen atoms in total. The van der Waals surface area contributed by atoms with E-state index in [0.29, 0.717) is 12.3 Å². The van der Waals surface area contributed by atoms with Gasteiger partial charge in [-0.2, -0.15) is 0 Å². The van der Waals surface area contributed by atoms with Crippen LogP contribution < -0.4 is 10.5 Å². The van der Waals surface area contributed by atoms with E-state index in [1.807, 2.05) is 0 Å². The summed E-state index contributed by atoms with van der Waals surface area (Å²) in [4.78, 5) is 0. The van der Waals surface area contributed by atoms with E-state index in [1.54, 1.807) is 0 Å². The molecule has 2 rings (SSSR count). The van der Waals surface area contributed by atoms with E-state index in [2.05, 4.69) is 5.73 Å². The van der Waals surface area contributed by atoms with Crippen LogP contribution >= 0.6 is 0 Å². The Morgan fingerprint density at radius 1 is 1.14 bits per heavy atom. The quantitative estimate of drug-likeness (QED) is 0.403. The van der Waals surface area contributed by atoms with E-state index in [4.69, 9.17) is 14.2 Å². The van der Waals surface area contributed by atoms with Crippen LogP contribution in [-0.4, -0.2) is 70.9 Å². The lowest BCUT2D eigenvalue weighted by Gasteiger charge is -2.41. The van der Waals surface area contributed by atoms with Crippen molar-refractivity contribution in [3.05, 3.63) is 24.3 Å². The third kappa shape index (κ3) is 3.86. The molecule has 1 aromatic carbocycles. The molecule has 0 bridgehead atoms. The first-order valence-electron chi connectivity index (χ1n) is 7.05. The first-order chi connectivity index (χ1) is 10.6. The highest BCUT2D eigenvalue weighted by Gasteiger charge is 2.46. The number of rotatable bonds is 6. The van der Waals surface area contributed by atoms with Gasteiger partial charge in [-0.15, -0.1) is 0 Å². The summed E-state index contributed by atoms with van der Waals surface area (Å²) in [5.74, 6) is 0.460. The second-order valence-corrected chi connectivity index (χ2v) is 5.01. The minimum absolute atomic E-state index is 0.0815. The number of ether oxygens (including phenoxy) is 3. The van der Waals surface area contributed by atoms with Gasteiger partial charge in [-0.05, 0) is 24.3 Å². The predicted molar refractivity (Wildman–Crippen MR) is 74.0 cm³/mol. The number of quaternary nitrogens is 1. The minimum Gasteiger partial charge on any atom is -0.508 e. The van der Waals surface area contributed by atoms with E-state index in [9.17, 15) is 20.4 Å². The average Bonchev–Trinajstić information content (AvgIpc) is 2.53. The molecule has 0 aliphatic carbocycles. The Labute approximate surface area is 127 Å². The molecular formula is C14H22NO7+. The van der Waals surface area contributed by atoms with Crippen molar-refractivity contribution in [2.75, 3.05) is 19.8 Å². The Hall–Kier alpha value is -1.42. The molecule has 1 aromatic rings. The van der Waals surface area contributed by atoms with Gasteiger partial charge in [0.05, 0.1) is 19.8 Å². The molecular weight excluding hydrogens is 294 g/mol. The smallest absolute Gasteiger partial charge is 0.198 e. The summed E-state index contributed by atoms with van der Waals surface area (Å²) in [7, 11) is 0. The second kappa shape index (κ2) is 7.73. The van der Waals surface area contributed by atoms with Crippen LogP contribution in [0.5, 0.6) is 11.5 Å². The highest BCUT2D eigenvalue weighted by atomic mass is 16.7. The van der Waals surface area contributed by atoms with Crippen LogP contribution in [0.3, 0.4) is 0 Å². The number of aliphatic hydroxyl groups excluding tert-OH is 3. The van der Waals surface area contributed by atoms with Crippen LogP contribution in [0.15, 0.2) is 24.3 Å². The second-order valence-electron chi connectivity index (χ2n) is 5.01. The molecule has 7 N–H and O–H groups in total. The lowest BCUT2D eigenvalue weighted by Crippen LogP contribution is -2.62. The standard InChI is InChI=1S/C14H21NO7/c15-5-6-20-14-13(12(19)11(18)10(7-16)22-14)21-9-3-1-8(17)2-4-9/h1-4,10-14,16-19H,5-7,15H2/p+1/t10?,11-,12?,13?,14-/m0/s1. The molecule has 22 heavy (non-hydrogen) atoms. The van der Waals surface area contributed by atoms with Crippen molar-refractivity contribution in [3.8, 4) is 11.5 Å². The van der Waals surface area contributed by atoms with E-state index in [1.165, 1.54) is 24.3 Å². The Kier molecular flexibility index (Phi) is 5.95. The van der Waals surface area contributed by atoms with Crippen LogP contribution in [0.4, 0.5) is 0 Å². The molecule has 0 aromatic heterocycles. The normalized spacial score (nSPS) is 31.9. The number of benzene rings is 1. The third-order valence-corrected chi connectivity index (χ3v) is 3.36. The summed E-state index contributed by atoms with van der Waals surface area (Å²) < 4.78 is 16.5. The molecule has 0 radical (unpaired) electrons. The van der Waals surface area contributed by atoms with Gasteiger partial charge in [-0.3, -0.25) is 0 Å². The third-order valence-electron chi connectivity index (χ3n) is 3.36. The molecule has 1 heterocycles. The van der Waals surface area contributed by atoms with Crippen molar-refractivity contribution in [3.63, 3.8) is 0 Å². The van der Waals surface area contributed by atoms with Crippen molar-refractivity contribution in [1.82, 2.24) is 0 Å². The van der Waals surface area contributed by atoms with Crippen LogP contribution in [0.25, 0.3) is 0 Å². The molecule has 0 spiro atoms. The van der Waals surface area contributed by atoms with Gasteiger partial charge < -0.3 is 40.4 Å². The minimum atomic E-state index is -1.30. The van der Waals surface area contributed by atoms with Crippen LogP contribution in [-0.2, 0) is 9.47 Å². The van der Waals surface area contributed by atoms with E-state index in [-0.39, 0.29) is 12.4 Å². The molecule has 1 aliphatic heterocycles. The first kappa shape index (κ1) is 16.9. The summed E-state index contributed by atoms with van der Waals surface area (Å²) in [6, 6.07) is 5.91. The fourth-order valence-electron chi connectivity index (χ4n) is 2.20. The Bertz CT molecular complexity index is 455. The molecule has 1 saturated heterocycles. The molecule has 0 saturated carbocycles. The molecule has 124 valence electrons. The van der Waals surface area contributed by atoms with Crippen molar-refractivity contribution >= 4 is 0 Å². The predicted octanol–water partition coefficient (Wildman–Crippen LogP) is -2.16. The maximum atomic E-state index is 10.2. The van der Waals surface area contributed by atoms with E-state index < -0.39 is 37.3 Å². The van der Waals surface area contributed by atoms with Crippen LogP contribution in [0, 0.1) is 0 Å². The van der Waals surface area contributed by atoms with Crippen molar-refractivity contribution in [2.24, 2.45) is 0 Å². The zero-order valence-corrected chi connectivity index (χ0v) is 12.0. The van der Waals surface area contributed by atoms with Gasteiger partial charge in [0, 0.05) is 0 Å². The largest absolute Gasteiger partial charge is 0.508 e. The maximum Gasteiger partial charge on any atom is 0.198 e. The van der Waals surface area contributed by atoms with Gasteiger partial charge in [0.2, 0.25) is 0 Å². The number of hydrogen-bond donors (Lipinski definition) is 5. The monoisotopic (exact) mass is 316 g/mol. The highest BCUT2D eigenvalue weighted by Crippen LogP contribution is 2.27. The SMILES string of the molecule is [NH3+]CCO[C@H]1OC(CO)[C@H](O)C(O)C1Oc1ccc(O)cc1. The number of hydrogen-bond acceptors (Lipinski definition) is 7. The molecule has 8 heteroatoms. The van der Waals surface area contributed by atoms with Gasteiger partial charge in [0.25, 0.3) is 0 Å². The summed E-state index contributed by atoms with van der Waals surface area (Å²) >= 11 is 0. The van der Waals surface area contributed by atoms with Crippen molar-refractivity contribution in [1.29, 1.82) is 0 Å². The summed E-state index contributed by atoms with van der Waals surface area (Å²) in [5, 5.41) is 38.6. The van der Waals surface area contributed by atoms with Gasteiger partial charge in [-0.25, -0.2) is 0 Å². The summed E-state index contributed by atoms with van der Waals surface area (Å²) in [6.07, 6.45) is -5.48. The Morgan fingerprint density at radius 3 is 2.41 bits per heavy atom. The van der Waals surface area contributed by atoms with Gasteiger partial charge in [0.15, 0.2) is 12.4 Å². The topological polar surface area (TPSA) is 136 Å². The average molecular weight is 316 g/mol. The zero-order valence-electron chi connectivity index (χ0n) is 12.0. The van der Waals surface area contributed by atoms with Gasteiger partial charge in [0.1, 0.15) is 29.8 Å². The molecule has 5 atom stereocenters. The summed E-state index contributed by atoms with van der Waals surface area (Å²) in [6.45, 7) is 0.323. The molecule has 3 unspecified atom stereocenters. The van der Waals surface area contributed by atoms with E-state index >= 15 is 0 Å². The van der Waals surface area contributed by atoms with Crippen LogP contribution in [0.2, 0.25) is 0 Å². The Morgan fingerprint density at radius 2 is 1.82 bits per heavy atom. The van der Waals surface area contributed by atoms with Crippen molar-refractivity contribution in [2.45, 2.75) is 30.7 Å². The number of phenols is 1. The Balaban J connectivity index is 2.13. The fraction of sp³-hybridized carbons (Fsp3) is 0.571. The molecule has 1 fully saturated rings. The molecule has 1 aliphatic rings. The number of phenolic OH excluding ortho intramolecular Hbond substituents is 1. The fourth-order valence-corrected chi connectivity index (χ4v) is 2.20. The maximum absolute atomic E-state index is 10.2. The van der Waals surface area contributed by atoms with Crippen LogP contribution in [0.1, 0.15) is 0 Å². The zero-order chi connectivity index (χ0) is 16.1. The first-order valence-corrected chi connectivity index (χ1v) is 7.05. The molecule has 0 amide bonds. The van der Waals surface area contributed by atoms with Gasteiger partial charge >= 0.3 is 0 Å². The van der Waals surface area contributed by atoms with Crippen molar-refractivity contribution < 1.29 is 40.4 Å². The van der Waals surface area contributed by atoms with Gasteiger partial charge in [-0.1, -0.05) is 0 Å². The lowest BCUT2D eigenvalue weighted by atomic mass is 9.99.